The molecule has 0 aliphatic rings. The van der Waals surface area contributed by atoms with Crippen molar-refractivity contribution >= 4 is 17.4 Å². The van der Waals surface area contributed by atoms with Gasteiger partial charge in [-0.2, -0.15) is 10.1 Å². The van der Waals surface area contributed by atoms with Crippen LogP contribution in [0.4, 0.5) is 5.69 Å². The highest BCUT2D eigenvalue weighted by molar-refractivity contribution is 6.02. The number of carbonyl (C=O) groups excluding carboxylic acids is 1. The van der Waals surface area contributed by atoms with Crippen LogP contribution in [0, 0.1) is 20.8 Å². The number of fused-ring (bicyclic) bond motifs is 1. The molecule has 0 saturated heterocycles. The van der Waals surface area contributed by atoms with Gasteiger partial charge in [0.1, 0.15) is 0 Å². The molecule has 0 aliphatic heterocycles. The Morgan fingerprint density at radius 2 is 2.15 bits per heavy atom. The summed E-state index contributed by atoms with van der Waals surface area (Å²) in [7, 11) is 0. The Balaban J connectivity index is 1.95. The molecule has 102 valence electrons. The van der Waals surface area contributed by atoms with E-state index in [9.17, 15) is 4.79 Å². The monoisotopic (exact) mass is 271 g/mol. The smallest absolute Gasteiger partial charge is 0.295 e. The minimum Gasteiger partial charge on any atom is -0.316 e. The first-order valence-electron chi connectivity index (χ1n) is 6.07. The normalized spacial score (nSPS) is 10.9. The number of nitrogens with zero attached hydrogens (tertiary/aromatic N) is 5. The van der Waals surface area contributed by atoms with Crippen molar-refractivity contribution in [3.05, 3.63) is 35.2 Å². The number of H-pyrrole nitrogens is 1. The lowest BCUT2D eigenvalue weighted by atomic mass is 10.3. The Morgan fingerprint density at radius 1 is 1.35 bits per heavy atom. The van der Waals surface area contributed by atoms with Gasteiger partial charge in [-0.1, -0.05) is 0 Å². The number of aromatic amines is 1. The van der Waals surface area contributed by atoms with Gasteiger partial charge in [-0.05, 0) is 26.8 Å². The lowest BCUT2D eigenvalue weighted by Gasteiger charge is -2.01. The van der Waals surface area contributed by atoms with Crippen molar-refractivity contribution < 1.29 is 4.79 Å². The average molecular weight is 271 g/mol. The van der Waals surface area contributed by atoms with Crippen LogP contribution in [0.25, 0.3) is 5.78 Å². The van der Waals surface area contributed by atoms with Gasteiger partial charge in [0.15, 0.2) is 0 Å². The van der Waals surface area contributed by atoms with Crippen molar-refractivity contribution in [2.45, 2.75) is 20.8 Å². The molecule has 8 heteroatoms. The van der Waals surface area contributed by atoms with Crippen molar-refractivity contribution in [2.24, 2.45) is 0 Å². The predicted octanol–water partition coefficient (Wildman–Crippen LogP) is 1.02. The van der Waals surface area contributed by atoms with Gasteiger partial charge in [0, 0.05) is 11.9 Å². The number of aryl methyl sites for hydroxylation is 3. The highest BCUT2D eigenvalue weighted by Crippen LogP contribution is 2.16. The van der Waals surface area contributed by atoms with E-state index >= 15 is 0 Å². The maximum atomic E-state index is 12.2. The zero-order chi connectivity index (χ0) is 14.3. The van der Waals surface area contributed by atoms with Crippen LogP contribution in [0.5, 0.6) is 0 Å². The zero-order valence-corrected chi connectivity index (χ0v) is 11.3. The van der Waals surface area contributed by atoms with E-state index in [1.807, 2.05) is 20.8 Å². The molecule has 3 aromatic rings. The zero-order valence-electron chi connectivity index (χ0n) is 11.3. The maximum Gasteiger partial charge on any atom is 0.295 e. The molecule has 0 saturated carbocycles. The summed E-state index contributed by atoms with van der Waals surface area (Å²) in [6.45, 7) is 5.51. The number of anilines is 1. The molecule has 0 aliphatic carbocycles. The van der Waals surface area contributed by atoms with Crippen LogP contribution in [0.2, 0.25) is 0 Å². The summed E-state index contributed by atoms with van der Waals surface area (Å²) in [6.07, 6.45) is 1.63. The van der Waals surface area contributed by atoms with E-state index in [1.165, 1.54) is 4.52 Å². The third kappa shape index (κ3) is 1.91. The van der Waals surface area contributed by atoms with Crippen molar-refractivity contribution in [3.63, 3.8) is 0 Å². The molecule has 0 radical (unpaired) electrons. The third-order valence-electron chi connectivity index (χ3n) is 3.00. The molecule has 3 aromatic heterocycles. The summed E-state index contributed by atoms with van der Waals surface area (Å²) in [5.41, 5.74) is 3.01. The van der Waals surface area contributed by atoms with E-state index in [0.29, 0.717) is 17.2 Å². The number of nitrogens with one attached hydrogen (secondary N) is 2. The van der Waals surface area contributed by atoms with E-state index in [0.717, 1.165) is 11.4 Å². The molecule has 1 amide bonds. The quantitative estimate of drug-likeness (QED) is 0.724. The molecule has 20 heavy (non-hydrogen) atoms. The molecular weight excluding hydrogens is 258 g/mol. The van der Waals surface area contributed by atoms with Gasteiger partial charge in [0.05, 0.1) is 17.1 Å². The van der Waals surface area contributed by atoms with Crippen molar-refractivity contribution in [3.8, 4) is 0 Å². The lowest BCUT2D eigenvalue weighted by Crippen LogP contribution is -2.15. The van der Waals surface area contributed by atoms with Crippen LogP contribution < -0.4 is 5.32 Å². The van der Waals surface area contributed by atoms with Crippen LogP contribution >= 0.6 is 0 Å². The third-order valence-corrected chi connectivity index (χ3v) is 3.00. The molecule has 0 unspecified atom stereocenters. The average Bonchev–Trinajstić information content (AvgIpc) is 2.98. The van der Waals surface area contributed by atoms with Gasteiger partial charge < -0.3 is 5.32 Å². The largest absolute Gasteiger partial charge is 0.316 e. The number of rotatable bonds is 2. The number of hydrogen-bond donors (Lipinski definition) is 2. The summed E-state index contributed by atoms with van der Waals surface area (Å²) >= 11 is 0. The Labute approximate surface area is 114 Å². The number of amides is 1. The molecule has 0 aromatic carbocycles. The predicted molar refractivity (Wildman–Crippen MR) is 71.5 cm³/mol. The maximum absolute atomic E-state index is 12.2. The fourth-order valence-corrected chi connectivity index (χ4v) is 1.91. The number of hydrogen-bond acceptors (Lipinski definition) is 5. The highest BCUT2D eigenvalue weighted by Gasteiger charge is 2.17. The highest BCUT2D eigenvalue weighted by atomic mass is 16.2. The van der Waals surface area contributed by atoms with Gasteiger partial charge in [0.2, 0.25) is 5.82 Å². The topological polar surface area (TPSA) is 101 Å². The molecule has 0 fully saturated rings. The first-order chi connectivity index (χ1) is 9.56. The second kappa shape index (κ2) is 4.41. The number of carbonyl (C=O) groups is 1. The summed E-state index contributed by atoms with van der Waals surface area (Å²) < 4.78 is 1.53. The molecule has 0 spiro atoms. The van der Waals surface area contributed by atoms with Crippen molar-refractivity contribution in [1.29, 1.82) is 0 Å². The number of aromatic nitrogens is 6. The Bertz CT molecular complexity index is 782. The molecule has 8 nitrogen and oxygen atoms in total. The van der Waals surface area contributed by atoms with Crippen molar-refractivity contribution in [1.82, 2.24) is 29.8 Å². The standard InChI is InChI=1S/C12H13N7O/c1-6-4-5-13-12-15-10(18-19(6)12)11(20)14-9-7(2)16-17-8(9)3/h4-5H,1-3H3,(H,14,20)(H,16,17). The van der Waals surface area contributed by atoms with Crippen LogP contribution in [-0.2, 0) is 0 Å². The first-order valence-corrected chi connectivity index (χ1v) is 6.07. The molecule has 0 atom stereocenters. The Hall–Kier alpha value is -2.77. The van der Waals surface area contributed by atoms with E-state index in [-0.39, 0.29) is 11.7 Å². The van der Waals surface area contributed by atoms with Crippen LogP contribution in [0.3, 0.4) is 0 Å². The van der Waals surface area contributed by atoms with Gasteiger partial charge in [-0.15, -0.1) is 5.10 Å². The van der Waals surface area contributed by atoms with Crippen LogP contribution in [0.1, 0.15) is 27.7 Å². The first kappa shape index (κ1) is 12.3. The summed E-state index contributed by atoms with van der Waals surface area (Å²) in [5, 5.41) is 13.7. The van der Waals surface area contributed by atoms with Crippen molar-refractivity contribution in [2.75, 3.05) is 5.32 Å². The van der Waals surface area contributed by atoms with Gasteiger partial charge >= 0.3 is 0 Å². The fourth-order valence-electron chi connectivity index (χ4n) is 1.91. The van der Waals surface area contributed by atoms with Crippen LogP contribution in [0.15, 0.2) is 12.3 Å². The molecule has 0 bridgehead atoms. The molecule has 3 heterocycles. The van der Waals surface area contributed by atoms with Gasteiger partial charge in [-0.25, -0.2) is 9.50 Å². The fraction of sp³-hybridized carbons (Fsp3) is 0.250. The Kier molecular flexibility index (Phi) is 2.70. The van der Waals surface area contributed by atoms with Crippen LogP contribution in [-0.4, -0.2) is 35.7 Å². The minimum absolute atomic E-state index is 0.0757. The lowest BCUT2D eigenvalue weighted by molar-refractivity contribution is 0.101. The Morgan fingerprint density at radius 3 is 2.80 bits per heavy atom. The second-order valence-corrected chi connectivity index (χ2v) is 4.50. The van der Waals surface area contributed by atoms with E-state index < -0.39 is 0 Å². The van der Waals surface area contributed by atoms with E-state index in [2.05, 4.69) is 30.6 Å². The summed E-state index contributed by atoms with van der Waals surface area (Å²) in [4.78, 5) is 20.4. The van der Waals surface area contributed by atoms with E-state index in [1.54, 1.807) is 12.3 Å². The minimum atomic E-state index is -0.387. The SMILES string of the molecule is Cc1n[nH]c(C)c1NC(=O)c1nc2nccc(C)n2n1. The van der Waals surface area contributed by atoms with Gasteiger partial charge in [-0.3, -0.25) is 9.89 Å². The molecular formula is C12H13N7O. The molecule has 2 N–H and O–H groups in total. The molecule has 3 rings (SSSR count). The second-order valence-electron chi connectivity index (χ2n) is 4.50. The van der Waals surface area contributed by atoms with E-state index in [4.69, 9.17) is 0 Å². The summed E-state index contributed by atoms with van der Waals surface area (Å²) in [5.74, 6) is 0.0880. The van der Waals surface area contributed by atoms with Gasteiger partial charge in [0.25, 0.3) is 11.7 Å². The summed E-state index contributed by atoms with van der Waals surface area (Å²) in [6, 6.07) is 1.80.